The molecule has 1 amide bonds. The quantitative estimate of drug-likeness (QED) is 0.825. The minimum Gasteiger partial charge on any atom is -0.497 e. The SMILES string of the molecule is CCC(=O)N1N=C(c2ccc(OC)cc2)C[C@H]1/C=C/c1ccccc1. The second-order valence-electron chi connectivity index (χ2n) is 5.91. The fraction of sp³-hybridized carbons (Fsp3) is 0.238. The Bertz CT molecular complexity index is 779. The fourth-order valence-electron chi connectivity index (χ4n) is 2.83. The number of carbonyl (C=O) groups excluding carboxylic acids is 1. The van der Waals surface area contributed by atoms with Crippen LogP contribution in [0.15, 0.2) is 65.8 Å². The molecule has 0 radical (unpaired) electrons. The van der Waals surface area contributed by atoms with Crippen molar-refractivity contribution in [1.29, 1.82) is 0 Å². The topological polar surface area (TPSA) is 41.9 Å². The van der Waals surface area contributed by atoms with Crippen LogP contribution >= 0.6 is 0 Å². The molecule has 0 aliphatic carbocycles. The summed E-state index contributed by atoms with van der Waals surface area (Å²) in [6, 6.07) is 17.8. The number of amides is 1. The molecule has 2 aromatic rings. The Kier molecular flexibility index (Phi) is 5.29. The van der Waals surface area contributed by atoms with Gasteiger partial charge in [0.15, 0.2) is 0 Å². The Morgan fingerprint density at radius 2 is 1.92 bits per heavy atom. The van der Waals surface area contributed by atoms with E-state index in [-0.39, 0.29) is 11.9 Å². The number of carbonyl (C=O) groups is 1. The predicted molar refractivity (Wildman–Crippen MR) is 101 cm³/mol. The minimum absolute atomic E-state index is 0.0335. The molecule has 1 aliphatic rings. The van der Waals surface area contributed by atoms with Gasteiger partial charge in [-0.25, -0.2) is 5.01 Å². The molecular formula is C21H22N2O2. The van der Waals surface area contributed by atoms with Gasteiger partial charge in [0.25, 0.3) is 0 Å². The van der Waals surface area contributed by atoms with E-state index < -0.39 is 0 Å². The predicted octanol–water partition coefficient (Wildman–Crippen LogP) is 4.12. The first kappa shape index (κ1) is 17.0. The lowest BCUT2D eigenvalue weighted by Crippen LogP contribution is -2.30. The van der Waals surface area contributed by atoms with E-state index in [4.69, 9.17) is 4.74 Å². The molecule has 1 atom stereocenters. The van der Waals surface area contributed by atoms with E-state index in [0.717, 1.165) is 22.6 Å². The van der Waals surface area contributed by atoms with Crippen LogP contribution in [-0.2, 0) is 4.79 Å². The number of hydrogen-bond acceptors (Lipinski definition) is 3. The van der Waals surface area contributed by atoms with Gasteiger partial charge in [0, 0.05) is 12.8 Å². The smallest absolute Gasteiger partial charge is 0.242 e. The highest BCUT2D eigenvalue weighted by molar-refractivity contribution is 6.03. The lowest BCUT2D eigenvalue weighted by atomic mass is 10.0. The Morgan fingerprint density at radius 3 is 2.56 bits per heavy atom. The van der Waals surface area contributed by atoms with Crippen LogP contribution in [0.5, 0.6) is 5.75 Å². The van der Waals surface area contributed by atoms with E-state index in [0.29, 0.717) is 12.8 Å². The van der Waals surface area contributed by atoms with Crippen molar-refractivity contribution in [3.63, 3.8) is 0 Å². The molecule has 0 bridgehead atoms. The van der Waals surface area contributed by atoms with Gasteiger partial charge in [0.1, 0.15) is 5.75 Å². The van der Waals surface area contributed by atoms with Crippen molar-refractivity contribution in [3.05, 3.63) is 71.8 Å². The van der Waals surface area contributed by atoms with Crippen molar-refractivity contribution in [3.8, 4) is 5.75 Å². The molecule has 0 N–H and O–H groups in total. The molecule has 4 heteroatoms. The number of nitrogens with zero attached hydrogens (tertiary/aromatic N) is 2. The third-order valence-corrected chi connectivity index (χ3v) is 4.24. The highest BCUT2D eigenvalue weighted by Gasteiger charge is 2.29. The summed E-state index contributed by atoms with van der Waals surface area (Å²) in [5.74, 6) is 0.843. The largest absolute Gasteiger partial charge is 0.497 e. The van der Waals surface area contributed by atoms with Gasteiger partial charge in [-0.05, 0) is 35.4 Å². The van der Waals surface area contributed by atoms with Crippen molar-refractivity contribution in [2.45, 2.75) is 25.8 Å². The summed E-state index contributed by atoms with van der Waals surface area (Å²) in [4.78, 5) is 12.3. The standard InChI is InChI=1S/C21H22N2O2/c1-3-21(24)23-18(12-9-16-7-5-4-6-8-16)15-20(22-23)17-10-13-19(25-2)14-11-17/h4-14,18H,3,15H2,1-2H3/b12-9+/t18-/m1/s1. The number of hydrazone groups is 1. The van der Waals surface area contributed by atoms with E-state index >= 15 is 0 Å². The number of ether oxygens (including phenoxy) is 1. The van der Waals surface area contributed by atoms with Crippen molar-refractivity contribution < 1.29 is 9.53 Å². The van der Waals surface area contributed by atoms with Gasteiger partial charge in [-0.15, -0.1) is 0 Å². The molecule has 128 valence electrons. The Balaban J connectivity index is 1.82. The highest BCUT2D eigenvalue weighted by atomic mass is 16.5. The summed E-state index contributed by atoms with van der Waals surface area (Å²) < 4.78 is 5.20. The molecule has 0 saturated heterocycles. The van der Waals surface area contributed by atoms with Crippen LogP contribution in [0.1, 0.15) is 30.9 Å². The van der Waals surface area contributed by atoms with Crippen LogP contribution in [0.3, 0.4) is 0 Å². The van der Waals surface area contributed by atoms with Crippen molar-refractivity contribution in [2.24, 2.45) is 5.10 Å². The van der Waals surface area contributed by atoms with Crippen molar-refractivity contribution >= 4 is 17.7 Å². The number of methoxy groups -OCH3 is 1. The number of rotatable bonds is 5. The lowest BCUT2D eigenvalue weighted by Gasteiger charge is -2.17. The second kappa shape index (κ2) is 7.79. The van der Waals surface area contributed by atoms with E-state index in [1.165, 1.54) is 0 Å². The molecule has 0 spiro atoms. The first-order valence-corrected chi connectivity index (χ1v) is 8.48. The average molecular weight is 334 g/mol. The van der Waals surface area contributed by atoms with Crippen LogP contribution in [0.4, 0.5) is 0 Å². The monoisotopic (exact) mass is 334 g/mol. The summed E-state index contributed by atoms with van der Waals surface area (Å²) in [5, 5.41) is 6.20. The third-order valence-electron chi connectivity index (χ3n) is 4.24. The fourth-order valence-corrected chi connectivity index (χ4v) is 2.83. The van der Waals surface area contributed by atoms with Gasteiger partial charge >= 0.3 is 0 Å². The molecule has 3 rings (SSSR count). The Labute approximate surface area is 148 Å². The van der Waals surface area contributed by atoms with Gasteiger partial charge in [0.05, 0.1) is 18.9 Å². The molecule has 25 heavy (non-hydrogen) atoms. The molecule has 1 aliphatic heterocycles. The maximum absolute atomic E-state index is 12.3. The van der Waals surface area contributed by atoms with E-state index in [1.54, 1.807) is 12.1 Å². The highest BCUT2D eigenvalue weighted by Crippen LogP contribution is 2.24. The summed E-state index contributed by atoms with van der Waals surface area (Å²) in [6.07, 6.45) is 5.26. The van der Waals surface area contributed by atoms with Crippen LogP contribution in [0.25, 0.3) is 6.08 Å². The number of hydrogen-bond donors (Lipinski definition) is 0. The van der Waals surface area contributed by atoms with Crippen molar-refractivity contribution in [1.82, 2.24) is 5.01 Å². The maximum Gasteiger partial charge on any atom is 0.242 e. The average Bonchev–Trinajstić information content (AvgIpc) is 3.11. The van der Waals surface area contributed by atoms with Crippen LogP contribution < -0.4 is 4.74 Å². The molecule has 0 fully saturated rings. The third kappa shape index (κ3) is 3.97. The van der Waals surface area contributed by atoms with Gasteiger partial charge in [0.2, 0.25) is 5.91 Å². The van der Waals surface area contributed by atoms with E-state index in [1.807, 2.05) is 67.6 Å². The lowest BCUT2D eigenvalue weighted by molar-refractivity contribution is -0.131. The zero-order valence-electron chi connectivity index (χ0n) is 14.6. The molecule has 0 unspecified atom stereocenters. The van der Waals surface area contributed by atoms with Gasteiger partial charge in [-0.3, -0.25) is 4.79 Å². The number of benzene rings is 2. The zero-order chi connectivity index (χ0) is 17.6. The van der Waals surface area contributed by atoms with Crippen LogP contribution in [-0.4, -0.2) is 29.8 Å². The normalized spacial score (nSPS) is 17.0. The van der Waals surface area contributed by atoms with E-state index in [2.05, 4.69) is 11.2 Å². The summed E-state index contributed by atoms with van der Waals surface area (Å²) >= 11 is 0. The van der Waals surface area contributed by atoms with Gasteiger partial charge in [-0.1, -0.05) is 49.4 Å². The minimum atomic E-state index is -0.0512. The Hall–Kier alpha value is -2.88. The molecule has 2 aromatic carbocycles. The summed E-state index contributed by atoms with van der Waals surface area (Å²) in [5.41, 5.74) is 3.06. The van der Waals surface area contributed by atoms with Crippen molar-refractivity contribution in [2.75, 3.05) is 7.11 Å². The van der Waals surface area contributed by atoms with Crippen LogP contribution in [0, 0.1) is 0 Å². The maximum atomic E-state index is 12.3. The molecule has 0 aromatic heterocycles. The molecule has 4 nitrogen and oxygen atoms in total. The Morgan fingerprint density at radius 1 is 1.20 bits per heavy atom. The molecule has 1 heterocycles. The first-order valence-electron chi connectivity index (χ1n) is 8.48. The summed E-state index contributed by atoms with van der Waals surface area (Å²) in [6.45, 7) is 1.86. The van der Waals surface area contributed by atoms with Gasteiger partial charge in [-0.2, -0.15) is 5.10 Å². The molecular weight excluding hydrogens is 312 g/mol. The second-order valence-corrected chi connectivity index (χ2v) is 5.91. The van der Waals surface area contributed by atoms with Gasteiger partial charge < -0.3 is 4.74 Å². The zero-order valence-corrected chi connectivity index (χ0v) is 14.6. The van der Waals surface area contributed by atoms with Crippen LogP contribution in [0.2, 0.25) is 0 Å². The molecule has 0 saturated carbocycles. The first-order chi connectivity index (χ1) is 12.2. The van der Waals surface area contributed by atoms with E-state index in [9.17, 15) is 4.79 Å². The summed E-state index contributed by atoms with van der Waals surface area (Å²) in [7, 11) is 1.65.